The molecule has 0 N–H and O–H groups in total. The van der Waals surface area contributed by atoms with Gasteiger partial charge >= 0.3 is 5.97 Å². The quantitative estimate of drug-likeness (QED) is 0.119. The molecule has 0 aliphatic carbocycles. The third kappa shape index (κ3) is 10.1. The monoisotopic (exact) mass is 460 g/mol. The van der Waals surface area contributed by atoms with Crippen molar-refractivity contribution in [3.8, 4) is 11.1 Å². The number of carbonyl (C=O) groups excluding carboxylic acids is 1. The Labute approximate surface area is 196 Å². The standard InChI is InChI=1S/C25H36N2O2S2/c1-4-6-7-8-9-10-11-12-17-30-25-26-18-22(19-27-25)21-13-15-23(16-14-21)31-20(3)24(28)29-5-2/h13-16,18-20H,4-12,17H2,1-3H3/t20-/m1/s1. The molecule has 31 heavy (non-hydrogen) atoms. The Bertz CT molecular complexity index is 751. The number of thioether (sulfide) groups is 2. The van der Waals surface area contributed by atoms with E-state index in [0.717, 1.165) is 26.9 Å². The summed E-state index contributed by atoms with van der Waals surface area (Å²) >= 11 is 3.25. The predicted molar refractivity (Wildman–Crippen MR) is 133 cm³/mol. The van der Waals surface area contributed by atoms with Crippen molar-refractivity contribution >= 4 is 29.5 Å². The van der Waals surface area contributed by atoms with Crippen molar-refractivity contribution in [2.24, 2.45) is 0 Å². The van der Waals surface area contributed by atoms with Gasteiger partial charge in [0.25, 0.3) is 0 Å². The zero-order valence-electron chi connectivity index (χ0n) is 19.1. The summed E-state index contributed by atoms with van der Waals surface area (Å²) in [4.78, 5) is 21.9. The number of hydrogen-bond acceptors (Lipinski definition) is 6. The van der Waals surface area contributed by atoms with E-state index in [-0.39, 0.29) is 11.2 Å². The van der Waals surface area contributed by atoms with Gasteiger partial charge in [0, 0.05) is 28.6 Å². The first-order valence-electron chi connectivity index (χ1n) is 11.5. The highest BCUT2D eigenvalue weighted by molar-refractivity contribution is 8.00. The fourth-order valence-corrected chi connectivity index (χ4v) is 4.83. The van der Waals surface area contributed by atoms with Crippen molar-refractivity contribution in [1.82, 2.24) is 9.97 Å². The van der Waals surface area contributed by atoms with Crippen LogP contribution in [0.5, 0.6) is 0 Å². The van der Waals surface area contributed by atoms with Gasteiger partial charge in [0.15, 0.2) is 5.16 Å². The van der Waals surface area contributed by atoms with Crippen LogP contribution < -0.4 is 0 Å². The topological polar surface area (TPSA) is 52.1 Å². The smallest absolute Gasteiger partial charge is 0.319 e. The van der Waals surface area contributed by atoms with E-state index in [1.807, 2.05) is 50.5 Å². The van der Waals surface area contributed by atoms with Crippen LogP contribution >= 0.6 is 23.5 Å². The van der Waals surface area contributed by atoms with Crippen LogP contribution in [-0.2, 0) is 9.53 Å². The van der Waals surface area contributed by atoms with Crippen LogP contribution in [-0.4, -0.2) is 33.5 Å². The minimum absolute atomic E-state index is 0.176. The van der Waals surface area contributed by atoms with Gasteiger partial charge in [-0.3, -0.25) is 4.79 Å². The molecule has 2 rings (SSSR count). The summed E-state index contributed by atoms with van der Waals surface area (Å²) in [5.74, 6) is 0.906. The lowest BCUT2D eigenvalue weighted by Gasteiger charge is -2.10. The lowest BCUT2D eigenvalue weighted by atomic mass is 10.1. The van der Waals surface area contributed by atoms with Crippen molar-refractivity contribution in [3.05, 3.63) is 36.7 Å². The molecule has 0 aliphatic heterocycles. The molecule has 0 spiro atoms. The molecule has 170 valence electrons. The highest BCUT2D eigenvalue weighted by Gasteiger charge is 2.15. The summed E-state index contributed by atoms with van der Waals surface area (Å²) in [6, 6.07) is 8.15. The molecule has 0 aliphatic rings. The molecule has 0 unspecified atom stereocenters. The Morgan fingerprint density at radius 1 is 0.903 bits per heavy atom. The maximum atomic E-state index is 11.8. The van der Waals surface area contributed by atoms with Gasteiger partial charge in [-0.05, 0) is 38.0 Å². The van der Waals surface area contributed by atoms with Gasteiger partial charge in [-0.2, -0.15) is 0 Å². The zero-order chi connectivity index (χ0) is 22.3. The van der Waals surface area contributed by atoms with Crippen LogP contribution in [0.4, 0.5) is 0 Å². The molecule has 0 saturated carbocycles. The van der Waals surface area contributed by atoms with E-state index in [9.17, 15) is 4.79 Å². The van der Waals surface area contributed by atoms with Crippen LogP contribution in [0.25, 0.3) is 11.1 Å². The Hall–Kier alpha value is -1.53. The van der Waals surface area contributed by atoms with Gasteiger partial charge in [-0.15, -0.1) is 11.8 Å². The number of aromatic nitrogens is 2. The molecule has 0 bridgehead atoms. The highest BCUT2D eigenvalue weighted by atomic mass is 32.2. The number of rotatable bonds is 15. The third-order valence-corrected chi connectivity index (χ3v) is 7.03. The van der Waals surface area contributed by atoms with E-state index < -0.39 is 0 Å². The second-order valence-electron chi connectivity index (χ2n) is 7.61. The molecule has 0 fully saturated rings. The average molecular weight is 461 g/mol. The molecule has 4 nitrogen and oxygen atoms in total. The third-order valence-electron chi connectivity index (χ3n) is 4.98. The van der Waals surface area contributed by atoms with Crippen LogP contribution in [0.1, 0.15) is 72.1 Å². The number of esters is 1. The second-order valence-corrected chi connectivity index (χ2v) is 10.1. The van der Waals surface area contributed by atoms with Gasteiger partial charge in [-0.25, -0.2) is 9.97 Å². The SMILES string of the molecule is CCCCCCCCCCSc1ncc(-c2ccc(S[C@H](C)C(=O)OCC)cc2)cn1. The molecular formula is C25H36N2O2S2. The van der Waals surface area contributed by atoms with Gasteiger partial charge in [0.1, 0.15) is 5.25 Å². The Balaban J connectivity index is 1.72. The minimum atomic E-state index is -0.216. The normalized spacial score (nSPS) is 12.0. The summed E-state index contributed by atoms with van der Waals surface area (Å²) in [7, 11) is 0. The van der Waals surface area contributed by atoms with E-state index >= 15 is 0 Å². The van der Waals surface area contributed by atoms with E-state index in [1.165, 1.54) is 63.1 Å². The Morgan fingerprint density at radius 2 is 1.52 bits per heavy atom. The van der Waals surface area contributed by atoms with E-state index in [2.05, 4.69) is 16.9 Å². The number of hydrogen-bond donors (Lipinski definition) is 0. The molecule has 0 saturated heterocycles. The summed E-state index contributed by atoms with van der Waals surface area (Å²) in [6.45, 7) is 6.37. The predicted octanol–water partition coefficient (Wildman–Crippen LogP) is 7.42. The lowest BCUT2D eigenvalue weighted by Crippen LogP contribution is -2.16. The van der Waals surface area contributed by atoms with Crippen molar-refractivity contribution in [2.45, 2.75) is 87.4 Å². The van der Waals surface area contributed by atoms with Crippen LogP contribution in [0, 0.1) is 0 Å². The van der Waals surface area contributed by atoms with Crippen molar-refractivity contribution in [2.75, 3.05) is 12.4 Å². The van der Waals surface area contributed by atoms with Crippen LogP contribution in [0.15, 0.2) is 46.7 Å². The average Bonchev–Trinajstić information content (AvgIpc) is 2.79. The lowest BCUT2D eigenvalue weighted by molar-refractivity contribution is -0.142. The highest BCUT2D eigenvalue weighted by Crippen LogP contribution is 2.27. The molecule has 0 amide bonds. The molecule has 1 heterocycles. The minimum Gasteiger partial charge on any atom is -0.465 e. The van der Waals surface area contributed by atoms with Crippen molar-refractivity contribution in [1.29, 1.82) is 0 Å². The van der Waals surface area contributed by atoms with E-state index in [1.54, 1.807) is 11.8 Å². The summed E-state index contributed by atoms with van der Waals surface area (Å²) in [6.07, 6.45) is 14.5. The fourth-order valence-electron chi connectivity index (χ4n) is 3.18. The molecule has 2 aromatic rings. The van der Waals surface area contributed by atoms with Crippen molar-refractivity contribution in [3.63, 3.8) is 0 Å². The van der Waals surface area contributed by atoms with Gasteiger partial charge in [-0.1, -0.05) is 75.8 Å². The molecule has 1 atom stereocenters. The van der Waals surface area contributed by atoms with Crippen LogP contribution in [0.2, 0.25) is 0 Å². The Morgan fingerprint density at radius 3 is 2.13 bits per heavy atom. The number of unbranched alkanes of at least 4 members (excludes halogenated alkanes) is 7. The Kier molecular flexibility index (Phi) is 12.7. The fraction of sp³-hybridized carbons (Fsp3) is 0.560. The number of nitrogens with zero attached hydrogens (tertiary/aromatic N) is 2. The van der Waals surface area contributed by atoms with Gasteiger partial charge in [0.05, 0.1) is 6.61 Å². The second kappa shape index (κ2) is 15.3. The molecule has 1 aromatic carbocycles. The molecule has 1 aromatic heterocycles. The first-order valence-corrected chi connectivity index (χ1v) is 13.4. The summed E-state index contributed by atoms with van der Waals surface area (Å²) in [5.41, 5.74) is 2.08. The first kappa shape index (κ1) is 25.7. The van der Waals surface area contributed by atoms with E-state index in [0.29, 0.717) is 6.61 Å². The maximum absolute atomic E-state index is 11.8. The zero-order valence-corrected chi connectivity index (χ0v) is 20.8. The van der Waals surface area contributed by atoms with E-state index in [4.69, 9.17) is 4.74 Å². The molecule has 6 heteroatoms. The van der Waals surface area contributed by atoms with Crippen LogP contribution in [0.3, 0.4) is 0 Å². The van der Waals surface area contributed by atoms with Gasteiger partial charge < -0.3 is 4.74 Å². The first-order chi connectivity index (χ1) is 15.1. The number of benzene rings is 1. The summed E-state index contributed by atoms with van der Waals surface area (Å²) in [5, 5.41) is 0.633. The molecule has 0 radical (unpaired) electrons. The van der Waals surface area contributed by atoms with Crippen molar-refractivity contribution < 1.29 is 9.53 Å². The number of carbonyl (C=O) groups is 1. The maximum Gasteiger partial charge on any atom is 0.319 e. The largest absolute Gasteiger partial charge is 0.465 e. The van der Waals surface area contributed by atoms with Gasteiger partial charge in [0.2, 0.25) is 0 Å². The molecular weight excluding hydrogens is 424 g/mol. The number of ether oxygens (including phenoxy) is 1. The summed E-state index contributed by atoms with van der Waals surface area (Å²) < 4.78 is 5.07.